The summed E-state index contributed by atoms with van der Waals surface area (Å²) in [4.78, 5) is 36.0. The Kier molecular flexibility index (Phi) is 40.6. The summed E-state index contributed by atoms with van der Waals surface area (Å²) in [6.07, 6.45) is 0. The van der Waals surface area contributed by atoms with E-state index < -0.39 is 87.6 Å². The predicted octanol–water partition coefficient (Wildman–Crippen LogP) is -3.75. The predicted molar refractivity (Wildman–Crippen MR) is 115 cm³/mol. The Balaban J connectivity index is -0.0000000728. The van der Waals surface area contributed by atoms with Crippen molar-refractivity contribution < 1.29 is 80.5 Å². The molecule has 0 unspecified atom stereocenters. The van der Waals surface area contributed by atoms with Crippen LogP contribution in [0, 0.1) is 10.8 Å². The second kappa shape index (κ2) is 30.6. The molecule has 0 saturated heterocycles. The van der Waals surface area contributed by atoms with Crippen LogP contribution in [0.1, 0.15) is 27.7 Å². The summed E-state index contributed by atoms with van der Waals surface area (Å²) >= 11 is 0. The van der Waals surface area contributed by atoms with Gasteiger partial charge in [0.15, 0.2) is 0 Å². The summed E-state index contributed by atoms with van der Waals surface area (Å²) < 4.78 is 0. The third-order valence-electron chi connectivity index (χ3n) is 2.68. The number of carboxylic acids is 4. The van der Waals surface area contributed by atoms with Crippen LogP contribution in [0.5, 0.6) is 0 Å². The molecule has 0 aromatic carbocycles. The molecule has 0 saturated carbocycles. The van der Waals surface area contributed by atoms with Crippen molar-refractivity contribution in [2.45, 2.75) is 27.7 Å². The Morgan fingerprint density at radius 1 is 0.382 bits per heavy atom. The molecular formula is C18H40O16. The maximum atomic E-state index is 9.00. The molecule has 0 fully saturated rings. The van der Waals surface area contributed by atoms with E-state index in [4.69, 9.17) is 80.5 Å². The second-order valence-corrected chi connectivity index (χ2v) is 6.34. The summed E-state index contributed by atoms with van der Waals surface area (Å²) in [6, 6.07) is 0. The minimum Gasteiger partial charge on any atom is -0.481 e. The van der Waals surface area contributed by atoms with Gasteiger partial charge in [0.2, 0.25) is 0 Å². The zero-order valence-corrected chi connectivity index (χ0v) is 19.7. The monoisotopic (exact) mass is 512 g/mol. The molecule has 12 N–H and O–H groups in total. The maximum absolute atomic E-state index is 9.00. The van der Waals surface area contributed by atoms with Crippen LogP contribution < -0.4 is 0 Å². The van der Waals surface area contributed by atoms with Crippen molar-refractivity contribution >= 4 is 23.9 Å². The van der Waals surface area contributed by atoms with E-state index in [2.05, 4.69) is 0 Å². The standard InChI is InChI=1S/2C5H12O4.4C2H4O2/c2*6-1-5(2-7,3-8)4-9;4*1-2(3)4/h2*6-9H,1-4H2;4*1H3,(H,3,4). The fraction of sp³-hybridized carbons (Fsp3) is 0.778. The molecular weight excluding hydrogens is 472 g/mol. The number of hydrogen-bond acceptors (Lipinski definition) is 12. The molecule has 0 radical (unpaired) electrons. The average Bonchev–Trinajstić information content (AvgIpc) is 2.71. The minimum atomic E-state index is -1.11. The lowest BCUT2D eigenvalue weighted by Crippen LogP contribution is -2.37. The Hall–Kier alpha value is -2.44. The molecule has 0 aliphatic carbocycles. The van der Waals surface area contributed by atoms with Gasteiger partial charge in [-0.2, -0.15) is 0 Å². The highest BCUT2D eigenvalue weighted by molar-refractivity contribution is 5.63. The normalized spacial score (nSPS) is 9.29. The topological polar surface area (TPSA) is 311 Å². The van der Waals surface area contributed by atoms with Gasteiger partial charge in [0, 0.05) is 27.7 Å². The summed E-state index contributed by atoms with van der Waals surface area (Å²) in [5, 5.41) is 97.6. The average molecular weight is 513 g/mol. The Labute approximate surface area is 196 Å². The number of rotatable bonds is 8. The van der Waals surface area contributed by atoms with Crippen molar-refractivity contribution in [3.05, 3.63) is 0 Å². The quantitative estimate of drug-likeness (QED) is 0.148. The van der Waals surface area contributed by atoms with E-state index in [9.17, 15) is 0 Å². The summed E-state index contributed by atoms with van der Waals surface area (Å²) in [5.74, 6) is -3.33. The second-order valence-electron chi connectivity index (χ2n) is 6.34. The van der Waals surface area contributed by atoms with Crippen LogP contribution >= 0.6 is 0 Å². The lowest BCUT2D eigenvalue weighted by atomic mass is 9.93. The van der Waals surface area contributed by atoms with Crippen molar-refractivity contribution in [2.75, 3.05) is 52.9 Å². The highest BCUT2D eigenvalue weighted by Gasteiger charge is 2.27. The smallest absolute Gasteiger partial charge is 0.300 e. The van der Waals surface area contributed by atoms with E-state index in [-0.39, 0.29) is 0 Å². The van der Waals surface area contributed by atoms with Crippen molar-refractivity contribution in [1.82, 2.24) is 0 Å². The van der Waals surface area contributed by atoms with Gasteiger partial charge in [0.25, 0.3) is 23.9 Å². The summed E-state index contributed by atoms with van der Waals surface area (Å²) in [5.41, 5.74) is -2.22. The number of carbonyl (C=O) groups is 4. The lowest BCUT2D eigenvalue weighted by Gasteiger charge is -2.23. The van der Waals surface area contributed by atoms with Crippen LogP contribution in [0.4, 0.5) is 0 Å². The first-order chi connectivity index (χ1) is 15.4. The van der Waals surface area contributed by atoms with Crippen LogP contribution in [0.15, 0.2) is 0 Å². The van der Waals surface area contributed by atoms with Crippen LogP contribution in [0.25, 0.3) is 0 Å². The number of carboxylic acid groups (broad SMARTS) is 4. The molecule has 0 bridgehead atoms. The van der Waals surface area contributed by atoms with E-state index in [0.29, 0.717) is 0 Å². The maximum Gasteiger partial charge on any atom is 0.300 e. The first-order valence-electron chi connectivity index (χ1n) is 9.07. The van der Waals surface area contributed by atoms with E-state index in [1.54, 1.807) is 0 Å². The van der Waals surface area contributed by atoms with Crippen molar-refractivity contribution in [2.24, 2.45) is 10.8 Å². The van der Waals surface area contributed by atoms with Crippen LogP contribution in [0.2, 0.25) is 0 Å². The Bertz CT molecular complexity index is 367. The van der Waals surface area contributed by atoms with Crippen molar-refractivity contribution in [3.8, 4) is 0 Å². The molecule has 16 heteroatoms. The highest BCUT2D eigenvalue weighted by Crippen LogP contribution is 2.12. The molecule has 0 atom stereocenters. The molecule has 34 heavy (non-hydrogen) atoms. The third kappa shape index (κ3) is 51.9. The number of aliphatic hydroxyl groups is 8. The van der Waals surface area contributed by atoms with Gasteiger partial charge < -0.3 is 61.3 Å². The Morgan fingerprint density at radius 3 is 0.441 bits per heavy atom. The van der Waals surface area contributed by atoms with Crippen molar-refractivity contribution in [1.29, 1.82) is 0 Å². The summed E-state index contributed by atoms with van der Waals surface area (Å²) in [7, 11) is 0. The van der Waals surface area contributed by atoms with E-state index >= 15 is 0 Å². The van der Waals surface area contributed by atoms with Gasteiger partial charge in [-0.3, -0.25) is 19.2 Å². The summed E-state index contributed by atoms with van der Waals surface area (Å²) in [6.45, 7) is 1.08. The number of aliphatic carboxylic acids is 4. The zero-order valence-electron chi connectivity index (χ0n) is 19.7. The van der Waals surface area contributed by atoms with Crippen molar-refractivity contribution in [3.63, 3.8) is 0 Å². The minimum absolute atomic E-state index is 0.406. The van der Waals surface area contributed by atoms with Gasteiger partial charge in [-0.25, -0.2) is 0 Å². The van der Waals surface area contributed by atoms with Gasteiger partial charge in [-0.1, -0.05) is 0 Å². The molecule has 0 spiro atoms. The van der Waals surface area contributed by atoms with Crippen LogP contribution in [-0.4, -0.2) is 138 Å². The van der Waals surface area contributed by atoms with Gasteiger partial charge in [-0.15, -0.1) is 0 Å². The van der Waals surface area contributed by atoms with E-state index in [0.717, 1.165) is 27.7 Å². The van der Waals surface area contributed by atoms with Gasteiger partial charge in [0.1, 0.15) is 0 Å². The largest absolute Gasteiger partial charge is 0.481 e. The van der Waals surface area contributed by atoms with Gasteiger partial charge >= 0.3 is 0 Å². The highest BCUT2D eigenvalue weighted by atomic mass is 16.4. The van der Waals surface area contributed by atoms with Crippen LogP contribution in [-0.2, 0) is 19.2 Å². The van der Waals surface area contributed by atoms with Gasteiger partial charge in [-0.05, 0) is 0 Å². The lowest BCUT2D eigenvalue weighted by molar-refractivity contribution is -0.135. The SMILES string of the molecule is CC(=O)O.CC(=O)O.CC(=O)O.CC(=O)O.OCC(CO)(CO)CO.OCC(CO)(CO)CO. The molecule has 208 valence electrons. The zero-order chi connectivity index (χ0) is 29.0. The molecule has 0 aromatic heterocycles. The Morgan fingerprint density at radius 2 is 0.441 bits per heavy atom. The molecule has 0 amide bonds. The molecule has 16 nitrogen and oxygen atoms in total. The molecule has 0 heterocycles. The number of hydrogen-bond donors (Lipinski definition) is 12. The number of aliphatic hydroxyl groups excluding tert-OH is 8. The third-order valence-corrected chi connectivity index (χ3v) is 2.68. The fourth-order valence-electron chi connectivity index (χ4n) is 0.600. The molecule has 0 aliphatic rings. The van der Waals surface area contributed by atoms with E-state index in [1.165, 1.54) is 0 Å². The first kappa shape index (κ1) is 45.1. The van der Waals surface area contributed by atoms with E-state index in [1.807, 2.05) is 0 Å². The van der Waals surface area contributed by atoms with Crippen LogP contribution in [0.3, 0.4) is 0 Å². The molecule has 0 aromatic rings. The van der Waals surface area contributed by atoms with Gasteiger partial charge in [0.05, 0.1) is 63.7 Å². The molecule has 0 rings (SSSR count). The fourth-order valence-corrected chi connectivity index (χ4v) is 0.600. The molecule has 0 aliphatic heterocycles. The first-order valence-corrected chi connectivity index (χ1v) is 9.07.